The van der Waals surface area contributed by atoms with E-state index in [4.69, 9.17) is 23.7 Å². The minimum atomic E-state index is -1.00. The summed E-state index contributed by atoms with van der Waals surface area (Å²) in [5.41, 5.74) is 0.0556. The Hall–Kier alpha value is -1.79. The van der Waals surface area contributed by atoms with E-state index < -0.39 is 11.4 Å². The van der Waals surface area contributed by atoms with Gasteiger partial charge in [0.2, 0.25) is 6.79 Å². The third-order valence-electron chi connectivity index (χ3n) is 4.40. The maximum Gasteiger partial charge on any atom is 0.341 e. The first-order valence-corrected chi connectivity index (χ1v) is 7.38. The van der Waals surface area contributed by atoms with E-state index in [9.17, 15) is 4.79 Å². The van der Waals surface area contributed by atoms with Crippen LogP contribution in [0.1, 0.15) is 19.4 Å². The van der Waals surface area contributed by atoms with Crippen molar-refractivity contribution in [3.8, 4) is 11.5 Å². The van der Waals surface area contributed by atoms with E-state index in [0.29, 0.717) is 13.0 Å². The molecule has 0 amide bonds. The lowest BCUT2D eigenvalue weighted by Gasteiger charge is -2.26. The van der Waals surface area contributed by atoms with Crippen LogP contribution in [0.5, 0.6) is 11.5 Å². The number of benzene rings is 1. The molecular weight excluding hydrogens is 288 g/mol. The van der Waals surface area contributed by atoms with E-state index in [1.807, 2.05) is 32.0 Å². The number of ether oxygens (including phenoxy) is 5. The number of esters is 1. The number of rotatable bonds is 2. The fourth-order valence-corrected chi connectivity index (χ4v) is 3.26. The van der Waals surface area contributed by atoms with Crippen LogP contribution in [-0.4, -0.2) is 37.4 Å². The predicted octanol–water partition coefficient (Wildman–Crippen LogP) is 1.65. The molecule has 1 aromatic rings. The Balaban J connectivity index is 1.58. The third kappa shape index (κ3) is 2.06. The molecule has 1 spiro atoms. The van der Waals surface area contributed by atoms with Crippen LogP contribution in [-0.2, 0) is 25.4 Å². The molecule has 1 aromatic carbocycles. The van der Waals surface area contributed by atoms with Crippen molar-refractivity contribution < 1.29 is 28.5 Å². The molecule has 3 aliphatic rings. The normalized spacial score (nSPS) is 31.7. The highest BCUT2D eigenvalue weighted by molar-refractivity contribution is 5.82. The van der Waals surface area contributed by atoms with Crippen molar-refractivity contribution in [2.75, 3.05) is 20.0 Å². The van der Waals surface area contributed by atoms with Gasteiger partial charge in [0.25, 0.3) is 0 Å². The Morgan fingerprint density at radius 2 is 2.00 bits per heavy atom. The van der Waals surface area contributed by atoms with Crippen LogP contribution < -0.4 is 9.47 Å². The van der Waals surface area contributed by atoms with Gasteiger partial charge in [0.05, 0.1) is 13.2 Å². The number of fused-ring (bicyclic) bond motifs is 1. The standard InChI is InChI=1S/C16H18O6/c1-15(2)21-8-16(22-15)11(7-18-14(16)17)5-10-3-4-12-13(6-10)20-9-19-12/h3-4,6,11H,5,7-9H2,1-2H3/t11-,16+/m0/s1. The fraction of sp³-hybridized carbons (Fsp3) is 0.562. The van der Waals surface area contributed by atoms with Crippen LogP contribution in [0, 0.1) is 5.92 Å². The summed E-state index contributed by atoms with van der Waals surface area (Å²) in [7, 11) is 0. The number of cyclic esters (lactones) is 1. The van der Waals surface area contributed by atoms with E-state index in [0.717, 1.165) is 17.1 Å². The van der Waals surface area contributed by atoms with Gasteiger partial charge in [-0.1, -0.05) is 6.07 Å². The number of hydrogen-bond acceptors (Lipinski definition) is 6. The van der Waals surface area contributed by atoms with Crippen molar-refractivity contribution in [3.63, 3.8) is 0 Å². The summed E-state index contributed by atoms with van der Waals surface area (Å²) in [5, 5.41) is 0. The molecule has 0 bridgehead atoms. The van der Waals surface area contributed by atoms with Crippen LogP contribution >= 0.6 is 0 Å². The second kappa shape index (κ2) is 4.60. The van der Waals surface area contributed by atoms with Crippen molar-refractivity contribution in [2.24, 2.45) is 5.92 Å². The van der Waals surface area contributed by atoms with Gasteiger partial charge in [-0.2, -0.15) is 0 Å². The van der Waals surface area contributed by atoms with Gasteiger partial charge in [0.1, 0.15) is 0 Å². The smallest absolute Gasteiger partial charge is 0.341 e. The molecule has 2 saturated heterocycles. The second-order valence-corrected chi connectivity index (χ2v) is 6.37. The summed E-state index contributed by atoms with van der Waals surface area (Å²) in [6.07, 6.45) is 0.655. The Bertz CT molecular complexity index is 625. The van der Waals surface area contributed by atoms with Crippen molar-refractivity contribution >= 4 is 5.97 Å². The Kier molecular flexibility index (Phi) is 2.90. The van der Waals surface area contributed by atoms with Crippen molar-refractivity contribution in [3.05, 3.63) is 23.8 Å². The Labute approximate surface area is 128 Å². The molecule has 0 aromatic heterocycles. The van der Waals surface area contributed by atoms with E-state index in [2.05, 4.69) is 0 Å². The molecule has 118 valence electrons. The van der Waals surface area contributed by atoms with Gasteiger partial charge in [0.15, 0.2) is 22.9 Å². The van der Waals surface area contributed by atoms with Crippen LogP contribution in [0.25, 0.3) is 0 Å². The summed E-state index contributed by atoms with van der Waals surface area (Å²) in [6.45, 7) is 4.44. The van der Waals surface area contributed by atoms with Gasteiger partial charge in [0, 0.05) is 5.92 Å². The molecule has 2 atom stereocenters. The van der Waals surface area contributed by atoms with E-state index in [1.54, 1.807) is 0 Å². The summed E-state index contributed by atoms with van der Waals surface area (Å²) in [6, 6.07) is 5.81. The van der Waals surface area contributed by atoms with Crippen molar-refractivity contribution in [1.82, 2.24) is 0 Å². The van der Waals surface area contributed by atoms with Gasteiger partial charge in [-0.3, -0.25) is 0 Å². The molecule has 0 unspecified atom stereocenters. The molecule has 0 radical (unpaired) electrons. The fourth-order valence-electron chi connectivity index (χ4n) is 3.26. The lowest BCUT2D eigenvalue weighted by molar-refractivity contribution is -0.181. The van der Waals surface area contributed by atoms with Gasteiger partial charge < -0.3 is 23.7 Å². The number of hydrogen-bond donors (Lipinski definition) is 0. The minimum absolute atomic E-state index is 0.0813. The largest absolute Gasteiger partial charge is 0.463 e. The maximum absolute atomic E-state index is 12.2. The van der Waals surface area contributed by atoms with E-state index in [1.165, 1.54) is 0 Å². The van der Waals surface area contributed by atoms with Crippen LogP contribution in [0.4, 0.5) is 0 Å². The zero-order valence-corrected chi connectivity index (χ0v) is 12.6. The highest BCUT2D eigenvalue weighted by atomic mass is 16.8. The lowest BCUT2D eigenvalue weighted by Crippen LogP contribution is -2.45. The molecule has 3 heterocycles. The van der Waals surface area contributed by atoms with Gasteiger partial charge in [-0.15, -0.1) is 0 Å². The number of carbonyl (C=O) groups is 1. The van der Waals surface area contributed by atoms with Crippen LogP contribution in [0.3, 0.4) is 0 Å². The zero-order chi connectivity index (χ0) is 15.4. The van der Waals surface area contributed by atoms with Gasteiger partial charge in [-0.05, 0) is 38.0 Å². The topological polar surface area (TPSA) is 63.2 Å². The van der Waals surface area contributed by atoms with E-state index >= 15 is 0 Å². The molecule has 22 heavy (non-hydrogen) atoms. The maximum atomic E-state index is 12.2. The first-order chi connectivity index (χ1) is 10.5. The first-order valence-electron chi connectivity index (χ1n) is 7.38. The molecule has 6 heteroatoms. The number of carbonyl (C=O) groups excluding carboxylic acids is 1. The second-order valence-electron chi connectivity index (χ2n) is 6.37. The highest BCUT2D eigenvalue weighted by Gasteiger charge is 2.60. The van der Waals surface area contributed by atoms with E-state index in [-0.39, 0.29) is 25.3 Å². The monoisotopic (exact) mass is 306 g/mol. The Morgan fingerprint density at radius 1 is 1.18 bits per heavy atom. The summed E-state index contributed by atoms with van der Waals surface area (Å²) >= 11 is 0. The summed E-state index contributed by atoms with van der Waals surface area (Å²) < 4.78 is 27.5. The lowest BCUT2D eigenvalue weighted by atomic mass is 9.85. The zero-order valence-electron chi connectivity index (χ0n) is 12.6. The van der Waals surface area contributed by atoms with Crippen LogP contribution in [0.2, 0.25) is 0 Å². The first kappa shape index (κ1) is 13.8. The third-order valence-corrected chi connectivity index (χ3v) is 4.40. The quantitative estimate of drug-likeness (QED) is 0.774. The average Bonchev–Trinajstić information content (AvgIpc) is 3.13. The molecule has 0 aliphatic carbocycles. The van der Waals surface area contributed by atoms with Gasteiger partial charge >= 0.3 is 5.97 Å². The molecule has 0 N–H and O–H groups in total. The van der Waals surface area contributed by atoms with Gasteiger partial charge in [-0.25, -0.2) is 4.79 Å². The predicted molar refractivity (Wildman–Crippen MR) is 74.6 cm³/mol. The van der Waals surface area contributed by atoms with Crippen LogP contribution in [0.15, 0.2) is 18.2 Å². The molecule has 4 rings (SSSR count). The molecule has 0 saturated carbocycles. The SMILES string of the molecule is CC1(C)OC[C@]2(O1)C(=O)OC[C@@H]2Cc1ccc2c(c1)OCO2. The highest BCUT2D eigenvalue weighted by Crippen LogP contribution is 2.43. The minimum Gasteiger partial charge on any atom is -0.463 e. The molecule has 6 nitrogen and oxygen atoms in total. The summed E-state index contributed by atoms with van der Waals surface area (Å²) in [4.78, 5) is 12.2. The Morgan fingerprint density at radius 3 is 2.77 bits per heavy atom. The molecule has 3 aliphatic heterocycles. The van der Waals surface area contributed by atoms with Crippen molar-refractivity contribution in [1.29, 1.82) is 0 Å². The molecular formula is C16H18O6. The average molecular weight is 306 g/mol. The molecule has 2 fully saturated rings. The summed E-state index contributed by atoms with van der Waals surface area (Å²) in [5.74, 6) is 0.307. The van der Waals surface area contributed by atoms with Crippen molar-refractivity contribution in [2.45, 2.75) is 31.7 Å².